The molecule has 3 rings (SSSR count). The van der Waals surface area contributed by atoms with Crippen molar-refractivity contribution in [2.75, 3.05) is 40.5 Å². The molecule has 3 N–H and O–H groups in total. The Morgan fingerprint density at radius 2 is 1.60 bits per heavy atom. The van der Waals surface area contributed by atoms with Crippen molar-refractivity contribution >= 4 is 35.4 Å². The fourth-order valence-electron chi connectivity index (χ4n) is 4.38. The average Bonchev–Trinajstić information content (AvgIpc) is 2.96. The molecule has 11 heteroatoms. The Bertz CT molecular complexity index is 1350. The lowest BCUT2D eigenvalue weighted by atomic mass is 9.80. The van der Waals surface area contributed by atoms with Crippen molar-refractivity contribution in [2.45, 2.75) is 19.8 Å². The van der Waals surface area contributed by atoms with Crippen molar-refractivity contribution in [3.05, 3.63) is 92.8 Å². The molecule has 0 radical (unpaired) electrons. The minimum absolute atomic E-state index is 0.0500. The van der Waals surface area contributed by atoms with Gasteiger partial charge in [0.05, 0.1) is 60.8 Å². The van der Waals surface area contributed by atoms with Crippen LogP contribution < -0.4 is 16.0 Å². The van der Waals surface area contributed by atoms with Gasteiger partial charge in [-0.3, -0.25) is 9.59 Å². The third-order valence-corrected chi connectivity index (χ3v) is 6.53. The lowest BCUT2D eigenvalue weighted by Gasteiger charge is -2.31. The van der Waals surface area contributed by atoms with Crippen LogP contribution in [-0.4, -0.2) is 64.3 Å². The zero-order valence-corrected chi connectivity index (χ0v) is 23.5. The molecule has 2 amide bonds. The van der Waals surface area contributed by atoms with Gasteiger partial charge in [0.1, 0.15) is 0 Å². The first kappa shape index (κ1) is 30.4. The van der Waals surface area contributed by atoms with Gasteiger partial charge in [-0.05, 0) is 37.6 Å². The van der Waals surface area contributed by atoms with Gasteiger partial charge in [0.25, 0.3) is 11.8 Å². The smallest absolute Gasteiger partial charge is 0.336 e. The van der Waals surface area contributed by atoms with Gasteiger partial charge in [0.15, 0.2) is 0 Å². The van der Waals surface area contributed by atoms with E-state index in [9.17, 15) is 19.2 Å². The quantitative estimate of drug-likeness (QED) is 0.278. The number of amides is 2. The summed E-state index contributed by atoms with van der Waals surface area (Å²) in [6.45, 7) is 3.68. The minimum Gasteiger partial charge on any atom is -0.466 e. The lowest BCUT2D eigenvalue weighted by molar-refractivity contribution is -0.139. The highest BCUT2D eigenvalue weighted by Crippen LogP contribution is 2.41. The van der Waals surface area contributed by atoms with Crippen LogP contribution in [0.3, 0.4) is 0 Å². The number of nitrogens with one attached hydrogen (secondary N) is 3. The van der Waals surface area contributed by atoms with Gasteiger partial charge in [0, 0.05) is 24.3 Å². The Morgan fingerprint density at radius 1 is 0.950 bits per heavy atom. The molecule has 2 aromatic rings. The monoisotopic (exact) mass is 569 g/mol. The lowest BCUT2D eigenvalue weighted by Crippen LogP contribution is -2.35. The largest absolute Gasteiger partial charge is 0.466 e. The van der Waals surface area contributed by atoms with Gasteiger partial charge in [-0.15, -0.1) is 0 Å². The standard InChI is InChI=1S/C29H32ClN3O7/c1-5-40-29(37)25-22(16-39-15-14-32-27(35)19-11-7-6-10-18(19)26(34)31-3)33-17(2)23(28(36)38-4)24(25)20-12-8-9-13-21(20)30/h6-13,24,33H,5,14-16H2,1-4H3,(H,31,34)(H,32,35)/t24-/m0/s1. The second-order valence-electron chi connectivity index (χ2n) is 8.66. The van der Waals surface area contributed by atoms with Crippen molar-refractivity contribution in [2.24, 2.45) is 0 Å². The van der Waals surface area contributed by atoms with Crippen LogP contribution >= 0.6 is 11.6 Å². The molecule has 1 atom stereocenters. The van der Waals surface area contributed by atoms with Crippen LogP contribution in [0.1, 0.15) is 46.0 Å². The summed E-state index contributed by atoms with van der Waals surface area (Å²) >= 11 is 6.51. The van der Waals surface area contributed by atoms with Gasteiger partial charge < -0.3 is 30.2 Å². The number of rotatable bonds is 11. The maximum Gasteiger partial charge on any atom is 0.336 e. The third kappa shape index (κ3) is 6.88. The Kier molecular flexibility index (Phi) is 10.9. The topological polar surface area (TPSA) is 132 Å². The van der Waals surface area contributed by atoms with E-state index in [-0.39, 0.29) is 54.5 Å². The van der Waals surface area contributed by atoms with Crippen molar-refractivity contribution in [1.82, 2.24) is 16.0 Å². The van der Waals surface area contributed by atoms with E-state index < -0.39 is 23.8 Å². The van der Waals surface area contributed by atoms with Crippen molar-refractivity contribution in [3.8, 4) is 0 Å². The summed E-state index contributed by atoms with van der Waals surface area (Å²) in [5.74, 6) is -2.90. The number of benzene rings is 2. The zero-order valence-electron chi connectivity index (χ0n) is 22.8. The summed E-state index contributed by atoms with van der Waals surface area (Å²) in [4.78, 5) is 50.8. The molecule has 1 aliphatic heterocycles. The summed E-state index contributed by atoms with van der Waals surface area (Å²) in [7, 11) is 2.75. The van der Waals surface area contributed by atoms with Crippen molar-refractivity contribution < 1.29 is 33.4 Å². The molecular weight excluding hydrogens is 538 g/mol. The molecule has 0 saturated heterocycles. The van der Waals surface area contributed by atoms with E-state index in [4.69, 9.17) is 25.8 Å². The van der Waals surface area contributed by atoms with Gasteiger partial charge in [-0.2, -0.15) is 0 Å². The van der Waals surface area contributed by atoms with Gasteiger partial charge in [-0.1, -0.05) is 41.9 Å². The summed E-state index contributed by atoms with van der Waals surface area (Å²) in [5.41, 5.74) is 2.30. The number of esters is 2. The highest BCUT2D eigenvalue weighted by Gasteiger charge is 2.39. The zero-order chi connectivity index (χ0) is 29.2. The van der Waals surface area contributed by atoms with Crippen LogP contribution in [0.5, 0.6) is 0 Å². The minimum atomic E-state index is -0.860. The fourth-order valence-corrected chi connectivity index (χ4v) is 4.63. The highest BCUT2D eigenvalue weighted by molar-refractivity contribution is 6.31. The third-order valence-electron chi connectivity index (χ3n) is 6.18. The number of allylic oxidation sites excluding steroid dienone is 1. The summed E-state index contributed by atoms with van der Waals surface area (Å²) in [5, 5.41) is 8.71. The Balaban J connectivity index is 1.82. The number of methoxy groups -OCH3 is 1. The predicted octanol–water partition coefficient (Wildman–Crippen LogP) is 3.10. The first-order valence-corrected chi connectivity index (χ1v) is 13.0. The molecule has 0 spiro atoms. The first-order valence-electron chi connectivity index (χ1n) is 12.6. The van der Waals surface area contributed by atoms with Crippen molar-refractivity contribution in [3.63, 3.8) is 0 Å². The van der Waals surface area contributed by atoms with E-state index in [2.05, 4.69) is 16.0 Å². The molecule has 0 fully saturated rings. The Hall–Kier alpha value is -4.15. The molecule has 0 unspecified atom stereocenters. The maximum absolute atomic E-state index is 13.2. The predicted molar refractivity (Wildman–Crippen MR) is 149 cm³/mol. The normalized spacial score (nSPS) is 14.8. The van der Waals surface area contributed by atoms with Crippen LogP contribution in [0.2, 0.25) is 5.02 Å². The number of halogens is 1. The molecule has 1 aliphatic rings. The van der Waals surface area contributed by atoms with Crippen LogP contribution in [0.15, 0.2) is 71.1 Å². The fraction of sp³-hybridized carbons (Fsp3) is 0.310. The Labute approximate surface area is 237 Å². The molecule has 2 aromatic carbocycles. The number of dihydropyridines is 1. The number of carbonyl (C=O) groups excluding carboxylic acids is 4. The average molecular weight is 570 g/mol. The van der Waals surface area contributed by atoms with E-state index in [1.54, 1.807) is 62.4 Å². The molecule has 1 heterocycles. The van der Waals surface area contributed by atoms with Gasteiger partial charge in [-0.25, -0.2) is 9.59 Å². The number of carbonyl (C=O) groups is 4. The second kappa shape index (κ2) is 14.3. The molecule has 0 aromatic heterocycles. The molecule has 212 valence electrons. The van der Waals surface area contributed by atoms with Crippen LogP contribution in [0.4, 0.5) is 0 Å². The molecule has 0 aliphatic carbocycles. The highest BCUT2D eigenvalue weighted by atomic mass is 35.5. The molecule has 40 heavy (non-hydrogen) atoms. The van der Waals surface area contributed by atoms with Crippen LogP contribution in [0, 0.1) is 0 Å². The number of hydrogen-bond acceptors (Lipinski definition) is 8. The SMILES string of the molecule is CCOC(=O)C1=C(COCCNC(=O)c2ccccc2C(=O)NC)NC(C)=C(C(=O)OC)[C@@H]1c1ccccc1Cl. The first-order chi connectivity index (χ1) is 19.2. The van der Waals surface area contributed by atoms with E-state index in [0.29, 0.717) is 22.0 Å². The van der Waals surface area contributed by atoms with E-state index in [0.717, 1.165) is 0 Å². The van der Waals surface area contributed by atoms with E-state index in [1.807, 2.05) is 0 Å². The Morgan fingerprint density at radius 3 is 2.23 bits per heavy atom. The van der Waals surface area contributed by atoms with Crippen LogP contribution in [-0.2, 0) is 23.8 Å². The van der Waals surface area contributed by atoms with Gasteiger partial charge >= 0.3 is 11.9 Å². The van der Waals surface area contributed by atoms with Gasteiger partial charge in [0.2, 0.25) is 0 Å². The number of ether oxygens (including phenoxy) is 3. The molecular formula is C29H32ClN3O7. The van der Waals surface area contributed by atoms with Crippen LogP contribution in [0.25, 0.3) is 0 Å². The second-order valence-corrected chi connectivity index (χ2v) is 9.06. The summed E-state index contributed by atoms with van der Waals surface area (Å²) < 4.78 is 16.2. The molecule has 0 saturated carbocycles. The molecule has 10 nitrogen and oxygen atoms in total. The molecule has 0 bridgehead atoms. The van der Waals surface area contributed by atoms with E-state index >= 15 is 0 Å². The number of hydrogen-bond donors (Lipinski definition) is 3. The van der Waals surface area contributed by atoms with E-state index in [1.165, 1.54) is 14.2 Å². The summed E-state index contributed by atoms with van der Waals surface area (Å²) in [6, 6.07) is 13.4. The van der Waals surface area contributed by atoms with Crippen molar-refractivity contribution in [1.29, 1.82) is 0 Å². The summed E-state index contributed by atoms with van der Waals surface area (Å²) in [6.07, 6.45) is 0. The maximum atomic E-state index is 13.2.